The second-order valence-electron chi connectivity index (χ2n) is 3.42. The molecule has 1 aromatic carbocycles. The summed E-state index contributed by atoms with van der Waals surface area (Å²) in [7, 11) is 0. The van der Waals surface area contributed by atoms with Crippen LogP contribution in [0.25, 0.3) is 17.0 Å². The van der Waals surface area contributed by atoms with Gasteiger partial charge in [0.05, 0.1) is 0 Å². The molecule has 17 heavy (non-hydrogen) atoms. The first-order chi connectivity index (χ1) is 8.27. The Hall–Kier alpha value is -1.46. The monoisotopic (exact) mass is 308 g/mol. The molecule has 0 aliphatic carbocycles. The Balaban J connectivity index is 2.33. The third-order valence-electron chi connectivity index (χ3n) is 2.40. The summed E-state index contributed by atoms with van der Waals surface area (Å²) < 4.78 is 2.78. The van der Waals surface area contributed by atoms with Gasteiger partial charge in [0.25, 0.3) is 0 Å². The number of hydrogen-bond acceptors (Lipinski definition) is 3. The summed E-state index contributed by atoms with van der Waals surface area (Å²) in [6.45, 7) is 0. The van der Waals surface area contributed by atoms with E-state index in [9.17, 15) is 0 Å². The zero-order valence-electron chi connectivity index (χ0n) is 8.51. The molecule has 0 unspecified atom stereocenters. The van der Waals surface area contributed by atoms with E-state index >= 15 is 0 Å². The highest BCUT2D eigenvalue weighted by Crippen LogP contribution is 2.27. The zero-order chi connectivity index (χ0) is 11.8. The molecule has 0 saturated carbocycles. The number of hydrogen-bond donors (Lipinski definition) is 0. The number of rotatable bonds is 1. The van der Waals surface area contributed by atoms with E-state index in [-0.39, 0.29) is 0 Å². The van der Waals surface area contributed by atoms with Gasteiger partial charge < -0.3 is 0 Å². The first-order valence-electron chi connectivity index (χ1n) is 4.87. The fraction of sp³-hybridized carbons (Fsp3) is 0. The molecule has 84 valence electrons. The van der Waals surface area contributed by atoms with Crippen molar-refractivity contribution in [1.82, 2.24) is 19.6 Å². The van der Waals surface area contributed by atoms with E-state index in [1.165, 1.54) is 0 Å². The summed E-state index contributed by atoms with van der Waals surface area (Å²) in [5.74, 6) is 0.733. The fourth-order valence-corrected chi connectivity index (χ4v) is 2.27. The molecule has 0 saturated heterocycles. The Morgan fingerprint density at radius 2 is 2.00 bits per heavy atom. The van der Waals surface area contributed by atoms with Gasteiger partial charge in [-0.25, -0.2) is 4.98 Å². The number of halogens is 2. The highest BCUT2D eigenvalue weighted by atomic mass is 79.9. The number of benzene rings is 1. The Kier molecular flexibility index (Phi) is 2.57. The molecule has 0 spiro atoms. The van der Waals surface area contributed by atoms with Crippen molar-refractivity contribution in [2.75, 3.05) is 0 Å². The quantitative estimate of drug-likeness (QED) is 0.693. The van der Waals surface area contributed by atoms with Crippen LogP contribution in [0.1, 0.15) is 0 Å². The largest absolute Gasteiger partial charge is 0.278 e. The van der Waals surface area contributed by atoms with E-state index in [0.717, 1.165) is 15.9 Å². The molecule has 0 aliphatic heterocycles. The van der Waals surface area contributed by atoms with E-state index in [1.54, 1.807) is 12.4 Å². The van der Waals surface area contributed by atoms with Crippen molar-refractivity contribution >= 4 is 33.2 Å². The smallest absolute Gasteiger partial charge is 0.198 e. The van der Waals surface area contributed by atoms with Crippen LogP contribution >= 0.6 is 27.5 Å². The van der Waals surface area contributed by atoms with Gasteiger partial charge in [0.1, 0.15) is 0 Å². The highest BCUT2D eigenvalue weighted by Gasteiger charge is 2.12. The lowest BCUT2D eigenvalue weighted by Crippen LogP contribution is -1.91. The number of nitrogens with zero attached hydrogens (tertiary/aromatic N) is 4. The molecular formula is C11H6BrClN4. The summed E-state index contributed by atoms with van der Waals surface area (Å²) in [4.78, 5) is 3.97. The maximum atomic E-state index is 5.95. The van der Waals surface area contributed by atoms with Gasteiger partial charge in [-0.05, 0) is 6.07 Å². The van der Waals surface area contributed by atoms with E-state index in [1.807, 2.05) is 28.7 Å². The third kappa shape index (κ3) is 1.71. The maximum Gasteiger partial charge on any atom is 0.198 e. The van der Waals surface area contributed by atoms with Gasteiger partial charge in [0.15, 0.2) is 16.6 Å². The molecule has 0 N–H and O–H groups in total. The van der Waals surface area contributed by atoms with Gasteiger partial charge in [-0.1, -0.05) is 45.7 Å². The van der Waals surface area contributed by atoms with E-state index < -0.39 is 0 Å². The van der Waals surface area contributed by atoms with Crippen LogP contribution in [-0.4, -0.2) is 19.6 Å². The number of fused-ring (bicyclic) bond motifs is 1. The molecular weight excluding hydrogens is 304 g/mol. The van der Waals surface area contributed by atoms with Crippen molar-refractivity contribution in [1.29, 1.82) is 0 Å². The predicted octanol–water partition coefficient (Wildman–Crippen LogP) is 3.21. The molecule has 2 aromatic heterocycles. The van der Waals surface area contributed by atoms with Gasteiger partial charge >= 0.3 is 0 Å². The Morgan fingerprint density at radius 3 is 2.82 bits per heavy atom. The van der Waals surface area contributed by atoms with Crippen LogP contribution in [0.15, 0.2) is 41.1 Å². The molecule has 0 aliphatic rings. The molecule has 3 aromatic rings. The summed E-state index contributed by atoms with van der Waals surface area (Å²) in [5.41, 5.74) is 1.52. The van der Waals surface area contributed by atoms with Gasteiger partial charge in [-0.3, -0.25) is 4.40 Å². The van der Waals surface area contributed by atoms with Crippen LogP contribution in [0.2, 0.25) is 5.15 Å². The van der Waals surface area contributed by atoms with Gasteiger partial charge in [0, 0.05) is 22.4 Å². The second-order valence-corrected chi connectivity index (χ2v) is 4.63. The average Bonchev–Trinajstić information content (AvgIpc) is 2.75. The van der Waals surface area contributed by atoms with Crippen molar-refractivity contribution in [3.8, 4) is 11.4 Å². The van der Waals surface area contributed by atoms with Crippen LogP contribution in [0.5, 0.6) is 0 Å². The summed E-state index contributed by atoms with van der Waals surface area (Å²) in [6, 6.07) is 7.82. The standard InChI is InChI=1S/C11H6BrClN4/c12-8-4-2-1-3-7(8)10-15-16-11-9(13)14-5-6-17(10)11/h1-6H. The lowest BCUT2D eigenvalue weighted by atomic mass is 10.2. The highest BCUT2D eigenvalue weighted by molar-refractivity contribution is 9.10. The average molecular weight is 310 g/mol. The lowest BCUT2D eigenvalue weighted by molar-refractivity contribution is 1.11. The van der Waals surface area contributed by atoms with E-state index in [4.69, 9.17) is 11.6 Å². The summed E-state index contributed by atoms with van der Waals surface area (Å²) in [5, 5.41) is 8.52. The fourth-order valence-electron chi connectivity index (χ4n) is 1.62. The van der Waals surface area contributed by atoms with Gasteiger partial charge in [-0.15, -0.1) is 10.2 Å². The predicted molar refractivity (Wildman–Crippen MR) is 68.9 cm³/mol. The van der Waals surface area contributed by atoms with E-state index in [0.29, 0.717) is 10.8 Å². The normalized spacial score (nSPS) is 10.9. The van der Waals surface area contributed by atoms with Crippen molar-refractivity contribution < 1.29 is 0 Å². The molecule has 6 heteroatoms. The third-order valence-corrected chi connectivity index (χ3v) is 3.36. The summed E-state index contributed by atoms with van der Waals surface area (Å²) in [6.07, 6.45) is 3.41. The molecule has 0 amide bonds. The van der Waals surface area contributed by atoms with Crippen LogP contribution in [0.3, 0.4) is 0 Å². The molecule has 3 rings (SSSR count). The lowest BCUT2D eigenvalue weighted by Gasteiger charge is -2.02. The zero-order valence-corrected chi connectivity index (χ0v) is 10.9. The molecule has 0 bridgehead atoms. The first kappa shape index (κ1) is 10.7. The van der Waals surface area contributed by atoms with Crippen molar-refractivity contribution in [3.63, 3.8) is 0 Å². The maximum absolute atomic E-state index is 5.95. The molecule has 0 atom stereocenters. The Morgan fingerprint density at radius 1 is 1.18 bits per heavy atom. The van der Waals surface area contributed by atoms with Gasteiger partial charge in [-0.2, -0.15) is 0 Å². The number of aromatic nitrogens is 4. The SMILES string of the molecule is Clc1nccn2c(-c3ccccc3Br)nnc12. The van der Waals surface area contributed by atoms with Crippen LogP contribution in [0.4, 0.5) is 0 Å². The van der Waals surface area contributed by atoms with Crippen molar-refractivity contribution in [2.24, 2.45) is 0 Å². The minimum Gasteiger partial charge on any atom is -0.278 e. The minimum atomic E-state index is 0.346. The van der Waals surface area contributed by atoms with Crippen molar-refractivity contribution in [2.45, 2.75) is 0 Å². The molecule has 0 fully saturated rings. The summed E-state index contributed by atoms with van der Waals surface area (Å²) >= 11 is 9.44. The second kappa shape index (κ2) is 4.09. The Bertz CT molecular complexity index is 695. The first-order valence-corrected chi connectivity index (χ1v) is 6.04. The minimum absolute atomic E-state index is 0.346. The topological polar surface area (TPSA) is 43.1 Å². The van der Waals surface area contributed by atoms with Crippen LogP contribution in [-0.2, 0) is 0 Å². The van der Waals surface area contributed by atoms with Gasteiger partial charge in [0.2, 0.25) is 0 Å². The van der Waals surface area contributed by atoms with Crippen LogP contribution in [0, 0.1) is 0 Å². The molecule has 2 heterocycles. The molecule has 4 nitrogen and oxygen atoms in total. The van der Waals surface area contributed by atoms with Crippen LogP contribution < -0.4 is 0 Å². The molecule has 0 radical (unpaired) electrons. The van der Waals surface area contributed by atoms with Crippen molar-refractivity contribution in [3.05, 3.63) is 46.3 Å². The van der Waals surface area contributed by atoms with E-state index in [2.05, 4.69) is 31.1 Å². The Labute approximate surface area is 110 Å².